The average molecular weight is 233 g/mol. The lowest BCUT2D eigenvalue weighted by molar-refractivity contribution is 0.102. The van der Waals surface area contributed by atoms with Gasteiger partial charge in [0.25, 0.3) is 0 Å². The molecule has 16 heavy (non-hydrogen) atoms. The average Bonchev–Trinajstić information content (AvgIpc) is 2.78. The maximum Gasteiger partial charge on any atom is 0.171 e. The summed E-state index contributed by atoms with van der Waals surface area (Å²) in [6.45, 7) is 1.54. The molecule has 0 fully saturated rings. The summed E-state index contributed by atoms with van der Waals surface area (Å²) >= 11 is 1.38. The van der Waals surface area contributed by atoms with Gasteiger partial charge in [0.2, 0.25) is 0 Å². The molecule has 0 spiro atoms. The number of hydrogen-bond donors (Lipinski definition) is 0. The zero-order valence-electron chi connectivity index (χ0n) is 9.06. The second-order valence-corrected chi connectivity index (χ2v) is 4.32. The van der Waals surface area contributed by atoms with E-state index in [9.17, 15) is 4.79 Å². The van der Waals surface area contributed by atoms with Crippen molar-refractivity contribution in [1.29, 1.82) is 0 Å². The van der Waals surface area contributed by atoms with Crippen LogP contribution in [-0.4, -0.2) is 17.9 Å². The molecule has 0 aliphatic carbocycles. The molecule has 4 heteroatoms. The summed E-state index contributed by atoms with van der Waals surface area (Å²) in [5.74, 6) is 0.811. The number of aromatic nitrogens is 1. The molecular formula is C12H11NO2S. The van der Waals surface area contributed by atoms with Gasteiger partial charge < -0.3 is 4.74 Å². The molecule has 0 N–H and O–H groups in total. The number of benzene rings is 1. The topological polar surface area (TPSA) is 39.2 Å². The van der Waals surface area contributed by atoms with Crippen molar-refractivity contribution in [3.05, 3.63) is 35.3 Å². The van der Waals surface area contributed by atoms with Crippen molar-refractivity contribution in [1.82, 2.24) is 4.98 Å². The van der Waals surface area contributed by atoms with Crippen LogP contribution in [0.4, 0.5) is 0 Å². The molecule has 0 amide bonds. The number of rotatable bonds is 3. The molecule has 0 aliphatic heterocycles. The standard InChI is InChI=1S/C12H11NO2S/c1-8(14)11-7-13-12(16-11)9-5-3-4-6-10(9)15-2/h3-7H,1-2H3. The van der Waals surface area contributed by atoms with E-state index in [0.717, 1.165) is 16.3 Å². The Kier molecular flexibility index (Phi) is 3.01. The highest BCUT2D eigenvalue weighted by Crippen LogP contribution is 2.32. The third-order valence-corrected chi connectivity index (χ3v) is 3.32. The number of ether oxygens (including phenoxy) is 1. The smallest absolute Gasteiger partial charge is 0.171 e. The third-order valence-electron chi connectivity index (χ3n) is 2.19. The van der Waals surface area contributed by atoms with Crippen LogP contribution < -0.4 is 4.74 Å². The van der Waals surface area contributed by atoms with Gasteiger partial charge in [-0.2, -0.15) is 0 Å². The summed E-state index contributed by atoms with van der Waals surface area (Å²) in [5.41, 5.74) is 0.919. The van der Waals surface area contributed by atoms with Gasteiger partial charge >= 0.3 is 0 Å². The van der Waals surface area contributed by atoms with E-state index >= 15 is 0 Å². The van der Waals surface area contributed by atoms with Crippen molar-refractivity contribution >= 4 is 17.1 Å². The fourth-order valence-corrected chi connectivity index (χ4v) is 2.22. The van der Waals surface area contributed by atoms with E-state index in [0.29, 0.717) is 4.88 Å². The summed E-state index contributed by atoms with van der Waals surface area (Å²) in [6, 6.07) is 7.64. The van der Waals surface area contributed by atoms with Crippen LogP contribution in [0.3, 0.4) is 0 Å². The molecule has 1 aromatic heterocycles. The van der Waals surface area contributed by atoms with Crippen molar-refractivity contribution in [3.8, 4) is 16.3 Å². The van der Waals surface area contributed by atoms with E-state index in [1.54, 1.807) is 20.2 Å². The Bertz CT molecular complexity index is 519. The van der Waals surface area contributed by atoms with Crippen LogP contribution in [0.15, 0.2) is 30.5 Å². The Morgan fingerprint density at radius 2 is 2.12 bits per heavy atom. The minimum Gasteiger partial charge on any atom is -0.496 e. The molecule has 0 unspecified atom stereocenters. The van der Waals surface area contributed by atoms with Gasteiger partial charge in [-0.15, -0.1) is 11.3 Å². The fraction of sp³-hybridized carbons (Fsp3) is 0.167. The molecule has 0 bridgehead atoms. The SMILES string of the molecule is COc1ccccc1-c1ncc(C(C)=O)s1. The zero-order valence-corrected chi connectivity index (χ0v) is 9.88. The van der Waals surface area contributed by atoms with Gasteiger partial charge in [-0.05, 0) is 12.1 Å². The normalized spacial score (nSPS) is 10.1. The largest absolute Gasteiger partial charge is 0.496 e. The van der Waals surface area contributed by atoms with E-state index in [4.69, 9.17) is 4.74 Å². The van der Waals surface area contributed by atoms with E-state index in [1.165, 1.54) is 11.3 Å². The Balaban J connectivity index is 2.46. The second-order valence-electron chi connectivity index (χ2n) is 3.29. The molecule has 0 aliphatic rings. The van der Waals surface area contributed by atoms with Crippen LogP contribution in [0.25, 0.3) is 10.6 Å². The molecule has 0 atom stereocenters. The minimum atomic E-state index is 0.0404. The summed E-state index contributed by atoms with van der Waals surface area (Å²) in [7, 11) is 1.62. The molecule has 1 heterocycles. The molecule has 0 saturated heterocycles. The van der Waals surface area contributed by atoms with Gasteiger partial charge in [0.1, 0.15) is 10.8 Å². The maximum atomic E-state index is 11.2. The Hall–Kier alpha value is -1.68. The third kappa shape index (κ3) is 1.97. The van der Waals surface area contributed by atoms with Crippen LogP contribution in [0.5, 0.6) is 5.75 Å². The van der Waals surface area contributed by atoms with Crippen LogP contribution in [-0.2, 0) is 0 Å². The van der Waals surface area contributed by atoms with Crippen LogP contribution in [0.1, 0.15) is 16.6 Å². The van der Waals surface area contributed by atoms with Gasteiger partial charge in [-0.1, -0.05) is 12.1 Å². The lowest BCUT2D eigenvalue weighted by atomic mass is 10.2. The molecule has 2 aromatic rings. The summed E-state index contributed by atoms with van der Waals surface area (Å²) < 4.78 is 5.25. The monoisotopic (exact) mass is 233 g/mol. The number of hydrogen-bond acceptors (Lipinski definition) is 4. The first-order valence-electron chi connectivity index (χ1n) is 4.82. The van der Waals surface area contributed by atoms with Crippen molar-refractivity contribution in [2.24, 2.45) is 0 Å². The van der Waals surface area contributed by atoms with Gasteiger partial charge in [-0.25, -0.2) is 4.98 Å². The Labute approximate surface area is 97.7 Å². The summed E-state index contributed by atoms with van der Waals surface area (Å²) in [6.07, 6.45) is 1.61. The van der Waals surface area contributed by atoms with E-state index in [2.05, 4.69) is 4.98 Å². The highest BCUT2D eigenvalue weighted by molar-refractivity contribution is 7.16. The maximum absolute atomic E-state index is 11.2. The first-order valence-corrected chi connectivity index (χ1v) is 5.64. The fourth-order valence-electron chi connectivity index (χ4n) is 1.38. The van der Waals surface area contributed by atoms with E-state index < -0.39 is 0 Å². The number of ketones is 1. The highest BCUT2D eigenvalue weighted by atomic mass is 32.1. The number of Topliss-reactive ketones (excluding diaryl/α,β-unsaturated/α-hetero) is 1. The van der Waals surface area contributed by atoms with E-state index in [-0.39, 0.29) is 5.78 Å². The lowest BCUT2D eigenvalue weighted by Crippen LogP contribution is -1.86. The van der Waals surface area contributed by atoms with Crippen molar-refractivity contribution in [3.63, 3.8) is 0 Å². The number of carbonyl (C=O) groups is 1. The number of thiazole rings is 1. The predicted molar refractivity (Wildman–Crippen MR) is 64.1 cm³/mol. The molecule has 1 aromatic carbocycles. The quantitative estimate of drug-likeness (QED) is 0.765. The van der Waals surface area contributed by atoms with Gasteiger partial charge in [-0.3, -0.25) is 4.79 Å². The molecule has 2 rings (SSSR count). The second kappa shape index (κ2) is 4.45. The van der Waals surface area contributed by atoms with Crippen molar-refractivity contribution in [2.75, 3.05) is 7.11 Å². The Morgan fingerprint density at radius 1 is 1.38 bits per heavy atom. The molecule has 0 saturated carbocycles. The summed E-state index contributed by atoms with van der Waals surface area (Å²) in [5, 5.41) is 0.808. The first-order chi connectivity index (χ1) is 7.72. The van der Waals surface area contributed by atoms with Crippen LogP contribution >= 0.6 is 11.3 Å². The van der Waals surface area contributed by atoms with Crippen LogP contribution in [0, 0.1) is 0 Å². The number of para-hydroxylation sites is 1. The first kappa shape index (κ1) is 10.8. The summed E-state index contributed by atoms with van der Waals surface area (Å²) in [4.78, 5) is 16.1. The zero-order chi connectivity index (χ0) is 11.5. The number of carbonyl (C=O) groups excluding carboxylic acids is 1. The molecular weight excluding hydrogens is 222 g/mol. The number of nitrogens with zero attached hydrogens (tertiary/aromatic N) is 1. The van der Waals surface area contributed by atoms with E-state index in [1.807, 2.05) is 24.3 Å². The molecule has 0 radical (unpaired) electrons. The molecule has 82 valence electrons. The predicted octanol–water partition coefficient (Wildman–Crippen LogP) is 3.02. The number of methoxy groups -OCH3 is 1. The van der Waals surface area contributed by atoms with Gasteiger partial charge in [0, 0.05) is 13.1 Å². The Morgan fingerprint density at radius 3 is 2.75 bits per heavy atom. The lowest BCUT2D eigenvalue weighted by Gasteiger charge is -2.04. The minimum absolute atomic E-state index is 0.0404. The van der Waals surface area contributed by atoms with Crippen molar-refractivity contribution in [2.45, 2.75) is 6.92 Å². The molecule has 3 nitrogen and oxygen atoms in total. The van der Waals surface area contributed by atoms with Gasteiger partial charge in [0.15, 0.2) is 5.78 Å². The van der Waals surface area contributed by atoms with Crippen molar-refractivity contribution < 1.29 is 9.53 Å². The van der Waals surface area contributed by atoms with Crippen LogP contribution in [0.2, 0.25) is 0 Å². The highest BCUT2D eigenvalue weighted by Gasteiger charge is 2.11. The van der Waals surface area contributed by atoms with Gasteiger partial charge in [0.05, 0.1) is 17.6 Å².